The number of aliphatic hydroxyl groups excluding tert-OH is 1. The number of pyridine rings is 1. The number of aromatic nitrogens is 1. The average molecular weight is 356 g/mol. The molecule has 2 nitrogen and oxygen atoms in total. The number of hydrogen-bond donors (Lipinski definition) is 1. The lowest BCUT2D eigenvalue weighted by molar-refractivity contribution is -0.698. The van der Waals surface area contributed by atoms with Crippen LogP contribution in [0.3, 0.4) is 0 Å². The first kappa shape index (κ1) is 16.4. The van der Waals surface area contributed by atoms with Gasteiger partial charge in [0.05, 0.1) is 0 Å². The molecule has 0 saturated carbocycles. The summed E-state index contributed by atoms with van der Waals surface area (Å²) in [6.07, 6.45) is 8.23. The van der Waals surface area contributed by atoms with Crippen LogP contribution in [0.5, 0.6) is 0 Å². The Bertz CT molecular complexity index is 760. The summed E-state index contributed by atoms with van der Waals surface area (Å²) in [6, 6.07) is 18.9. The highest BCUT2D eigenvalue weighted by molar-refractivity contribution is 5.92. The van der Waals surface area contributed by atoms with Gasteiger partial charge < -0.3 is 22.1 Å². The van der Waals surface area contributed by atoms with Gasteiger partial charge in [-0.2, -0.15) is 0 Å². The summed E-state index contributed by atoms with van der Waals surface area (Å²) in [6.45, 7) is 0.795. The minimum Gasteiger partial charge on any atom is -1.00 e. The SMILES string of the molecule is OCC[n+]1ccc(/C=C/c2cccc3ccccc23)cc1.[Br-]. The fourth-order valence-corrected chi connectivity index (χ4v) is 2.43. The molecule has 3 rings (SSSR count). The molecule has 0 saturated heterocycles. The largest absolute Gasteiger partial charge is 1.00 e. The van der Waals surface area contributed by atoms with E-state index in [-0.39, 0.29) is 23.6 Å². The van der Waals surface area contributed by atoms with Crippen molar-refractivity contribution in [2.24, 2.45) is 0 Å². The lowest BCUT2D eigenvalue weighted by Gasteiger charge is -2.01. The molecule has 1 heterocycles. The highest BCUT2D eigenvalue weighted by Crippen LogP contribution is 2.20. The first-order valence-corrected chi connectivity index (χ1v) is 7.12. The van der Waals surface area contributed by atoms with E-state index in [1.54, 1.807) is 0 Å². The number of hydrogen-bond acceptors (Lipinski definition) is 1. The molecule has 3 heteroatoms. The van der Waals surface area contributed by atoms with Gasteiger partial charge in [0.1, 0.15) is 6.61 Å². The van der Waals surface area contributed by atoms with E-state index in [1.165, 1.54) is 16.3 Å². The molecule has 0 fully saturated rings. The third-order valence-electron chi connectivity index (χ3n) is 3.55. The molecule has 0 radical (unpaired) electrons. The molecule has 3 aromatic rings. The second kappa shape index (κ2) is 7.87. The van der Waals surface area contributed by atoms with Gasteiger partial charge in [-0.3, -0.25) is 0 Å². The van der Waals surface area contributed by atoms with Crippen molar-refractivity contribution in [1.29, 1.82) is 0 Å². The fraction of sp³-hybridized carbons (Fsp3) is 0.105. The number of fused-ring (bicyclic) bond motifs is 1. The molecule has 0 atom stereocenters. The predicted molar refractivity (Wildman–Crippen MR) is 86.6 cm³/mol. The van der Waals surface area contributed by atoms with E-state index >= 15 is 0 Å². The van der Waals surface area contributed by atoms with Crippen molar-refractivity contribution in [1.82, 2.24) is 0 Å². The normalized spacial score (nSPS) is 10.8. The van der Waals surface area contributed by atoms with Gasteiger partial charge in [-0.25, -0.2) is 4.57 Å². The molecule has 0 amide bonds. The standard InChI is InChI=1S/C19H18NO.BrH/c21-15-14-20-12-10-16(11-13-20)8-9-18-6-3-5-17-4-1-2-7-19(17)18;/h1-13,21H,14-15H2;1H/q+1;/p-1/b9-8+;. The molecule has 22 heavy (non-hydrogen) atoms. The molecular weight excluding hydrogens is 338 g/mol. The van der Waals surface area contributed by atoms with E-state index in [4.69, 9.17) is 5.11 Å². The Labute approximate surface area is 141 Å². The van der Waals surface area contributed by atoms with E-state index in [2.05, 4.69) is 66.7 Å². The molecule has 0 spiro atoms. The van der Waals surface area contributed by atoms with Gasteiger partial charge >= 0.3 is 0 Å². The molecule has 112 valence electrons. The fourth-order valence-electron chi connectivity index (χ4n) is 2.43. The number of rotatable bonds is 4. The van der Waals surface area contributed by atoms with Crippen molar-refractivity contribution in [2.45, 2.75) is 6.54 Å². The van der Waals surface area contributed by atoms with Gasteiger partial charge in [-0.05, 0) is 21.9 Å². The first-order valence-electron chi connectivity index (χ1n) is 7.12. The van der Waals surface area contributed by atoms with Crippen LogP contribution in [0.1, 0.15) is 11.1 Å². The Kier molecular flexibility index (Phi) is 5.87. The Morgan fingerprint density at radius 2 is 1.59 bits per heavy atom. The van der Waals surface area contributed by atoms with E-state index in [1.807, 2.05) is 17.0 Å². The third-order valence-corrected chi connectivity index (χ3v) is 3.55. The van der Waals surface area contributed by atoms with Crippen molar-refractivity contribution in [3.05, 3.63) is 78.1 Å². The molecule has 0 aliphatic heterocycles. The van der Waals surface area contributed by atoms with E-state index in [0.717, 1.165) is 5.56 Å². The predicted octanol–water partition coefficient (Wildman–Crippen LogP) is 0.294. The molecular formula is C19H18BrNO. The quantitative estimate of drug-likeness (QED) is 0.668. The molecule has 0 unspecified atom stereocenters. The zero-order chi connectivity index (χ0) is 14.5. The van der Waals surface area contributed by atoms with Crippen LogP contribution in [-0.4, -0.2) is 11.7 Å². The molecule has 1 aromatic heterocycles. The summed E-state index contributed by atoms with van der Waals surface area (Å²) >= 11 is 0. The van der Waals surface area contributed by atoms with Crippen LogP contribution >= 0.6 is 0 Å². The van der Waals surface area contributed by atoms with Crippen LogP contribution < -0.4 is 21.5 Å². The number of aliphatic hydroxyl groups is 1. The maximum absolute atomic E-state index is 8.91. The number of benzene rings is 2. The Balaban J connectivity index is 0.00000176. The van der Waals surface area contributed by atoms with E-state index < -0.39 is 0 Å². The van der Waals surface area contributed by atoms with Gasteiger partial charge in [-0.15, -0.1) is 0 Å². The second-order valence-corrected chi connectivity index (χ2v) is 4.99. The monoisotopic (exact) mass is 355 g/mol. The lowest BCUT2D eigenvalue weighted by atomic mass is 10.0. The summed E-state index contributed by atoms with van der Waals surface area (Å²) < 4.78 is 1.97. The van der Waals surface area contributed by atoms with Crippen molar-refractivity contribution < 1.29 is 26.7 Å². The Morgan fingerprint density at radius 1 is 0.864 bits per heavy atom. The van der Waals surface area contributed by atoms with Gasteiger partial charge in [0.25, 0.3) is 0 Å². The van der Waals surface area contributed by atoms with E-state index in [9.17, 15) is 0 Å². The zero-order valence-corrected chi connectivity index (χ0v) is 13.8. The zero-order valence-electron chi connectivity index (χ0n) is 12.2. The Morgan fingerprint density at radius 3 is 2.36 bits per heavy atom. The molecule has 1 N–H and O–H groups in total. The van der Waals surface area contributed by atoms with Gasteiger partial charge in [-0.1, -0.05) is 54.6 Å². The second-order valence-electron chi connectivity index (χ2n) is 4.99. The Hall–Kier alpha value is -1.97. The highest BCUT2D eigenvalue weighted by Gasteiger charge is 1.99. The topological polar surface area (TPSA) is 24.1 Å². The average Bonchev–Trinajstić information content (AvgIpc) is 2.54. The molecule has 0 aliphatic rings. The maximum atomic E-state index is 8.91. The number of halogens is 1. The van der Waals surface area contributed by atoms with Crippen LogP contribution in [-0.2, 0) is 6.54 Å². The summed E-state index contributed by atoms with van der Waals surface area (Å²) in [5.41, 5.74) is 2.37. The summed E-state index contributed by atoms with van der Waals surface area (Å²) in [7, 11) is 0. The van der Waals surface area contributed by atoms with Crippen molar-refractivity contribution in [3.8, 4) is 0 Å². The maximum Gasteiger partial charge on any atom is 0.171 e. The van der Waals surface area contributed by atoms with Gasteiger partial charge in [0.2, 0.25) is 0 Å². The number of nitrogens with zero attached hydrogens (tertiary/aromatic N) is 1. The van der Waals surface area contributed by atoms with Crippen molar-refractivity contribution in [3.63, 3.8) is 0 Å². The van der Waals surface area contributed by atoms with Gasteiger partial charge in [0.15, 0.2) is 18.9 Å². The van der Waals surface area contributed by atoms with Crippen LogP contribution in [0, 0.1) is 0 Å². The summed E-state index contributed by atoms with van der Waals surface area (Å²) in [5.74, 6) is 0. The highest BCUT2D eigenvalue weighted by atomic mass is 79.9. The smallest absolute Gasteiger partial charge is 0.171 e. The molecule has 0 aliphatic carbocycles. The first-order chi connectivity index (χ1) is 10.4. The third kappa shape index (κ3) is 3.81. The van der Waals surface area contributed by atoms with Crippen molar-refractivity contribution in [2.75, 3.05) is 6.61 Å². The van der Waals surface area contributed by atoms with Crippen LogP contribution in [0.2, 0.25) is 0 Å². The minimum atomic E-state index is 0. The van der Waals surface area contributed by atoms with Crippen LogP contribution in [0.25, 0.3) is 22.9 Å². The summed E-state index contributed by atoms with van der Waals surface area (Å²) in [5, 5.41) is 11.4. The minimum absolute atomic E-state index is 0. The van der Waals surface area contributed by atoms with Crippen LogP contribution in [0.4, 0.5) is 0 Å². The van der Waals surface area contributed by atoms with Crippen LogP contribution in [0.15, 0.2) is 67.0 Å². The molecule has 0 bridgehead atoms. The lowest BCUT2D eigenvalue weighted by Crippen LogP contribution is -3.00. The molecule has 2 aromatic carbocycles. The van der Waals surface area contributed by atoms with Crippen molar-refractivity contribution >= 4 is 22.9 Å². The summed E-state index contributed by atoms with van der Waals surface area (Å²) in [4.78, 5) is 0. The van der Waals surface area contributed by atoms with Gasteiger partial charge in [0, 0.05) is 12.1 Å². The van der Waals surface area contributed by atoms with E-state index in [0.29, 0.717) is 6.54 Å².